The molecule has 5 nitrogen and oxygen atoms in total. The van der Waals surface area contributed by atoms with Crippen molar-refractivity contribution in [3.63, 3.8) is 0 Å². The standard InChI is InChI=1S/C16H23NO4/c1-19-13-7-12(8-14-15(13)21-11-20-14)9-17-16(10-18)5-3-2-4-6-16/h7-8,17-18H,2-6,9-11H2,1H3. The summed E-state index contributed by atoms with van der Waals surface area (Å²) >= 11 is 0. The molecule has 0 atom stereocenters. The summed E-state index contributed by atoms with van der Waals surface area (Å²) in [4.78, 5) is 0. The van der Waals surface area contributed by atoms with Crippen LogP contribution in [0.5, 0.6) is 17.2 Å². The predicted molar refractivity (Wildman–Crippen MR) is 78.9 cm³/mol. The van der Waals surface area contributed by atoms with Crippen LogP contribution in [0.3, 0.4) is 0 Å². The lowest BCUT2D eigenvalue weighted by molar-refractivity contribution is 0.119. The van der Waals surface area contributed by atoms with E-state index in [9.17, 15) is 5.11 Å². The van der Waals surface area contributed by atoms with Gasteiger partial charge in [0, 0.05) is 12.1 Å². The number of methoxy groups -OCH3 is 1. The molecular formula is C16H23NO4. The van der Waals surface area contributed by atoms with Gasteiger partial charge in [-0.3, -0.25) is 0 Å². The van der Waals surface area contributed by atoms with Crippen LogP contribution < -0.4 is 19.5 Å². The summed E-state index contributed by atoms with van der Waals surface area (Å²) in [5.74, 6) is 2.10. The Kier molecular flexibility index (Phi) is 4.22. The number of aliphatic hydroxyl groups excluding tert-OH is 1. The van der Waals surface area contributed by atoms with Crippen molar-refractivity contribution in [2.24, 2.45) is 0 Å². The summed E-state index contributed by atoms with van der Waals surface area (Å²) in [6, 6.07) is 3.94. The first-order valence-electron chi connectivity index (χ1n) is 7.59. The number of hydrogen-bond donors (Lipinski definition) is 2. The van der Waals surface area contributed by atoms with Crippen molar-refractivity contribution in [3.05, 3.63) is 17.7 Å². The number of aliphatic hydroxyl groups is 1. The highest BCUT2D eigenvalue weighted by Crippen LogP contribution is 2.42. The van der Waals surface area contributed by atoms with Crippen molar-refractivity contribution >= 4 is 0 Å². The van der Waals surface area contributed by atoms with Gasteiger partial charge in [-0.25, -0.2) is 0 Å². The third-order valence-corrected chi connectivity index (χ3v) is 4.50. The highest BCUT2D eigenvalue weighted by atomic mass is 16.7. The first-order chi connectivity index (χ1) is 10.3. The van der Waals surface area contributed by atoms with Crippen molar-refractivity contribution in [2.45, 2.75) is 44.2 Å². The molecule has 0 saturated heterocycles. The average Bonchev–Trinajstić information content (AvgIpc) is 3.01. The Morgan fingerprint density at radius 1 is 1.24 bits per heavy atom. The summed E-state index contributed by atoms with van der Waals surface area (Å²) < 4.78 is 16.2. The molecule has 5 heteroatoms. The van der Waals surface area contributed by atoms with Crippen LogP contribution >= 0.6 is 0 Å². The van der Waals surface area contributed by atoms with E-state index in [1.54, 1.807) is 7.11 Å². The molecule has 0 bridgehead atoms. The van der Waals surface area contributed by atoms with E-state index in [0.29, 0.717) is 18.0 Å². The maximum atomic E-state index is 9.74. The number of fused-ring (bicyclic) bond motifs is 1. The molecule has 1 heterocycles. The van der Waals surface area contributed by atoms with Gasteiger partial charge in [0.15, 0.2) is 11.5 Å². The zero-order valence-corrected chi connectivity index (χ0v) is 12.5. The first kappa shape index (κ1) is 14.5. The quantitative estimate of drug-likeness (QED) is 0.871. The number of nitrogens with one attached hydrogen (secondary N) is 1. The first-order valence-corrected chi connectivity index (χ1v) is 7.59. The normalized spacial score (nSPS) is 19.5. The smallest absolute Gasteiger partial charge is 0.231 e. The van der Waals surface area contributed by atoms with Gasteiger partial charge in [-0.05, 0) is 30.5 Å². The van der Waals surface area contributed by atoms with Crippen LogP contribution in [0.1, 0.15) is 37.7 Å². The fourth-order valence-corrected chi connectivity index (χ4v) is 3.19. The molecule has 1 saturated carbocycles. The minimum atomic E-state index is -0.137. The van der Waals surface area contributed by atoms with Gasteiger partial charge < -0.3 is 24.6 Å². The summed E-state index contributed by atoms with van der Waals surface area (Å²) in [6.07, 6.45) is 5.69. The summed E-state index contributed by atoms with van der Waals surface area (Å²) in [6.45, 7) is 1.12. The fraction of sp³-hybridized carbons (Fsp3) is 0.625. The molecule has 1 fully saturated rings. The largest absolute Gasteiger partial charge is 0.493 e. The Hall–Kier alpha value is -1.46. The molecule has 0 radical (unpaired) electrons. The van der Waals surface area contributed by atoms with Crippen LogP contribution in [0.4, 0.5) is 0 Å². The molecule has 2 N–H and O–H groups in total. The van der Waals surface area contributed by atoms with Gasteiger partial charge in [0.1, 0.15) is 0 Å². The van der Waals surface area contributed by atoms with Crippen LogP contribution in [-0.2, 0) is 6.54 Å². The lowest BCUT2D eigenvalue weighted by atomic mass is 9.82. The van der Waals surface area contributed by atoms with Gasteiger partial charge in [-0.15, -0.1) is 0 Å². The Morgan fingerprint density at radius 3 is 2.76 bits per heavy atom. The number of hydrogen-bond acceptors (Lipinski definition) is 5. The Bertz CT molecular complexity index is 497. The Morgan fingerprint density at radius 2 is 2.05 bits per heavy atom. The molecule has 1 aliphatic carbocycles. The van der Waals surface area contributed by atoms with E-state index in [1.807, 2.05) is 12.1 Å². The lowest BCUT2D eigenvalue weighted by Crippen LogP contribution is -2.49. The third kappa shape index (κ3) is 2.94. The molecule has 0 aromatic heterocycles. The van der Waals surface area contributed by atoms with Crippen LogP contribution in [0.2, 0.25) is 0 Å². The van der Waals surface area contributed by atoms with Gasteiger partial charge in [0.25, 0.3) is 0 Å². The van der Waals surface area contributed by atoms with Crippen molar-refractivity contribution in [3.8, 4) is 17.2 Å². The van der Waals surface area contributed by atoms with Gasteiger partial charge in [-0.1, -0.05) is 19.3 Å². The third-order valence-electron chi connectivity index (χ3n) is 4.50. The Labute approximate surface area is 125 Å². The highest BCUT2D eigenvalue weighted by molar-refractivity contribution is 5.55. The highest BCUT2D eigenvalue weighted by Gasteiger charge is 2.31. The fourth-order valence-electron chi connectivity index (χ4n) is 3.19. The predicted octanol–water partition coefficient (Wildman–Crippen LogP) is 2.21. The SMILES string of the molecule is COc1cc(CNC2(CO)CCCCC2)cc2c1OCO2. The second-order valence-corrected chi connectivity index (χ2v) is 5.88. The van der Waals surface area contributed by atoms with Crippen LogP contribution in [-0.4, -0.2) is 31.2 Å². The maximum Gasteiger partial charge on any atom is 0.231 e. The lowest BCUT2D eigenvalue weighted by Gasteiger charge is -2.36. The molecule has 3 rings (SSSR count). The van der Waals surface area contributed by atoms with Crippen LogP contribution in [0.25, 0.3) is 0 Å². The molecule has 0 spiro atoms. The van der Waals surface area contributed by atoms with Crippen LogP contribution in [0.15, 0.2) is 12.1 Å². The molecule has 1 aromatic rings. The number of ether oxygens (including phenoxy) is 3. The average molecular weight is 293 g/mol. The second-order valence-electron chi connectivity index (χ2n) is 5.88. The number of benzene rings is 1. The molecule has 1 aliphatic heterocycles. The van der Waals surface area contributed by atoms with Gasteiger partial charge in [-0.2, -0.15) is 0 Å². The van der Waals surface area contributed by atoms with E-state index >= 15 is 0 Å². The molecule has 116 valence electrons. The maximum absolute atomic E-state index is 9.74. The van der Waals surface area contributed by atoms with Gasteiger partial charge in [0.2, 0.25) is 12.5 Å². The minimum absolute atomic E-state index is 0.137. The monoisotopic (exact) mass is 293 g/mol. The Balaban J connectivity index is 1.73. The molecular weight excluding hydrogens is 270 g/mol. The van der Waals surface area contributed by atoms with Crippen molar-refractivity contribution in [2.75, 3.05) is 20.5 Å². The van der Waals surface area contributed by atoms with E-state index in [1.165, 1.54) is 19.3 Å². The summed E-state index contributed by atoms with van der Waals surface area (Å²) in [5, 5.41) is 13.3. The zero-order chi connectivity index (χ0) is 14.7. The van der Waals surface area contributed by atoms with Crippen molar-refractivity contribution < 1.29 is 19.3 Å². The van der Waals surface area contributed by atoms with Crippen LogP contribution in [0, 0.1) is 0 Å². The van der Waals surface area contributed by atoms with E-state index in [0.717, 1.165) is 24.2 Å². The molecule has 1 aromatic carbocycles. The number of rotatable bonds is 5. The van der Waals surface area contributed by atoms with E-state index < -0.39 is 0 Å². The molecule has 0 amide bonds. The molecule has 2 aliphatic rings. The van der Waals surface area contributed by atoms with Crippen molar-refractivity contribution in [1.29, 1.82) is 0 Å². The molecule has 21 heavy (non-hydrogen) atoms. The van der Waals surface area contributed by atoms with Crippen molar-refractivity contribution in [1.82, 2.24) is 5.32 Å². The molecule has 0 unspecified atom stereocenters. The van der Waals surface area contributed by atoms with Gasteiger partial charge >= 0.3 is 0 Å². The van der Waals surface area contributed by atoms with E-state index in [-0.39, 0.29) is 18.9 Å². The van der Waals surface area contributed by atoms with E-state index in [2.05, 4.69) is 5.32 Å². The van der Waals surface area contributed by atoms with Gasteiger partial charge in [0.05, 0.1) is 13.7 Å². The van der Waals surface area contributed by atoms with E-state index in [4.69, 9.17) is 14.2 Å². The summed E-state index contributed by atoms with van der Waals surface area (Å²) in [5.41, 5.74) is 0.941. The minimum Gasteiger partial charge on any atom is -0.493 e. The second kappa shape index (κ2) is 6.12. The topological polar surface area (TPSA) is 60.0 Å². The zero-order valence-electron chi connectivity index (χ0n) is 12.5. The summed E-state index contributed by atoms with van der Waals surface area (Å²) in [7, 11) is 1.63.